The second kappa shape index (κ2) is 7.98. The lowest BCUT2D eigenvalue weighted by Gasteiger charge is -2.09. The molecule has 1 aliphatic heterocycles. The van der Waals surface area contributed by atoms with E-state index < -0.39 is 18.4 Å². The minimum absolute atomic E-state index is 0.240. The van der Waals surface area contributed by atoms with Crippen LogP contribution in [0.15, 0.2) is 35.3 Å². The fraction of sp³-hybridized carbons (Fsp3) is 0.188. The molecule has 1 N–H and O–H groups in total. The van der Waals surface area contributed by atoms with Gasteiger partial charge in [0.25, 0.3) is 5.91 Å². The van der Waals surface area contributed by atoms with Crippen molar-refractivity contribution in [2.75, 3.05) is 20.8 Å². The van der Waals surface area contributed by atoms with Crippen LogP contribution < -0.4 is 9.47 Å². The van der Waals surface area contributed by atoms with Gasteiger partial charge in [-0.25, -0.2) is 0 Å². The van der Waals surface area contributed by atoms with Crippen LogP contribution in [-0.4, -0.2) is 47.0 Å². The van der Waals surface area contributed by atoms with Crippen molar-refractivity contribution in [3.05, 3.63) is 40.8 Å². The van der Waals surface area contributed by atoms with E-state index in [1.165, 1.54) is 0 Å². The average Bonchev–Trinajstić information content (AvgIpc) is 2.82. The number of amides is 1. The van der Waals surface area contributed by atoms with E-state index in [1.807, 2.05) is 6.07 Å². The van der Waals surface area contributed by atoms with E-state index >= 15 is 0 Å². The molecule has 8 heteroatoms. The third-order valence-electron chi connectivity index (χ3n) is 3.13. The minimum atomic E-state index is -1.11. The van der Waals surface area contributed by atoms with Crippen molar-refractivity contribution in [1.82, 2.24) is 4.90 Å². The van der Waals surface area contributed by atoms with Gasteiger partial charge >= 0.3 is 5.97 Å². The second-order valence-electron chi connectivity index (χ2n) is 4.65. The molecule has 1 amide bonds. The molecule has 126 valence electrons. The Hall–Kier alpha value is -2.32. The van der Waals surface area contributed by atoms with Gasteiger partial charge in [0.15, 0.2) is 0 Å². The molecule has 1 fully saturated rings. The molecule has 0 bridgehead atoms. The summed E-state index contributed by atoms with van der Waals surface area (Å²) in [7, 11) is 3.13. The number of carbonyl (C=O) groups is 2. The fourth-order valence-electron chi connectivity index (χ4n) is 1.98. The molecule has 0 unspecified atom stereocenters. The molecule has 6 nitrogen and oxygen atoms in total. The topological polar surface area (TPSA) is 76.1 Å². The normalized spacial score (nSPS) is 16.2. The summed E-state index contributed by atoms with van der Waals surface area (Å²) in [5.41, 5.74) is 0.815. The molecule has 2 rings (SSSR count). The van der Waals surface area contributed by atoms with Gasteiger partial charge < -0.3 is 14.6 Å². The number of carboxylic acids is 1. The lowest BCUT2D eigenvalue weighted by Crippen LogP contribution is -2.33. The molecule has 0 aliphatic carbocycles. The summed E-state index contributed by atoms with van der Waals surface area (Å²) < 4.78 is 10.7. The molecule has 1 saturated heterocycles. The van der Waals surface area contributed by atoms with Crippen molar-refractivity contribution in [3.63, 3.8) is 0 Å². The summed E-state index contributed by atoms with van der Waals surface area (Å²) in [6, 6.07) is 5.39. The van der Waals surface area contributed by atoms with E-state index in [0.717, 1.165) is 22.2 Å². The second-order valence-corrected chi connectivity index (χ2v) is 6.33. The van der Waals surface area contributed by atoms with Crippen LogP contribution in [0.1, 0.15) is 5.56 Å². The van der Waals surface area contributed by atoms with Crippen molar-refractivity contribution in [2.45, 2.75) is 0 Å². The Morgan fingerprint density at radius 1 is 1.38 bits per heavy atom. The Bertz CT molecular complexity index is 742. The van der Waals surface area contributed by atoms with Crippen LogP contribution in [0.2, 0.25) is 0 Å². The van der Waals surface area contributed by atoms with Crippen LogP contribution in [0.25, 0.3) is 6.08 Å². The zero-order chi connectivity index (χ0) is 17.7. The molecule has 0 aromatic heterocycles. The molecular weight excluding hydrogens is 350 g/mol. The van der Waals surface area contributed by atoms with E-state index in [9.17, 15) is 9.59 Å². The highest BCUT2D eigenvalue weighted by atomic mass is 32.2. The van der Waals surface area contributed by atoms with Crippen molar-refractivity contribution in [1.29, 1.82) is 0 Å². The monoisotopic (exact) mass is 365 g/mol. The Balaban J connectivity index is 2.16. The summed E-state index contributed by atoms with van der Waals surface area (Å²) in [4.78, 5) is 24.3. The first-order chi connectivity index (χ1) is 11.5. The Kier molecular flexibility index (Phi) is 5.99. The Labute approximate surface area is 148 Å². The number of allylic oxidation sites excluding steroid dienone is 2. The van der Waals surface area contributed by atoms with Gasteiger partial charge in [-0.3, -0.25) is 14.5 Å². The van der Waals surface area contributed by atoms with Gasteiger partial charge in [0, 0.05) is 11.6 Å². The molecule has 0 saturated carbocycles. The molecule has 0 spiro atoms. The Morgan fingerprint density at radius 3 is 2.75 bits per heavy atom. The zero-order valence-electron chi connectivity index (χ0n) is 13.0. The predicted octanol–water partition coefficient (Wildman–Crippen LogP) is 2.55. The standard InChI is InChI=1S/C16H15NO5S2/c1-21-11-7-6-10(12(8-11)22-2)4-3-5-13-15(20)17(9-14(18)19)16(23)24-13/h3-8H,9H2,1-2H3,(H,18,19). The molecule has 1 aromatic carbocycles. The first-order valence-corrected chi connectivity index (χ1v) is 8.04. The van der Waals surface area contributed by atoms with Crippen LogP contribution in [0.3, 0.4) is 0 Å². The van der Waals surface area contributed by atoms with E-state index in [0.29, 0.717) is 16.4 Å². The number of ether oxygens (including phenoxy) is 2. The number of benzene rings is 1. The van der Waals surface area contributed by atoms with Gasteiger partial charge in [-0.05, 0) is 18.2 Å². The van der Waals surface area contributed by atoms with E-state index in [-0.39, 0.29) is 4.32 Å². The zero-order valence-corrected chi connectivity index (χ0v) is 14.6. The number of aliphatic carboxylic acids is 1. The first-order valence-electron chi connectivity index (χ1n) is 6.82. The van der Waals surface area contributed by atoms with Crippen LogP contribution in [-0.2, 0) is 9.59 Å². The molecule has 0 radical (unpaired) electrons. The van der Waals surface area contributed by atoms with Crippen molar-refractivity contribution in [2.24, 2.45) is 0 Å². The fourth-order valence-corrected chi connectivity index (χ4v) is 3.19. The van der Waals surface area contributed by atoms with Gasteiger partial charge in [-0.15, -0.1) is 0 Å². The summed E-state index contributed by atoms with van der Waals surface area (Å²) >= 11 is 6.11. The largest absolute Gasteiger partial charge is 0.497 e. The van der Waals surface area contributed by atoms with Gasteiger partial charge in [-0.1, -0.05) is 36.1 Å². The number of thioether (sulfide) groups is 1. The number of hydrogen-bond donors (Lipinski definition) is 1. The number of carboxylic acid groups (broad SMARTS) is 1. The molecular formula is C16H15NO5S2. The maximum Gasteiger partial charge on any atom is 0.323 e. The number of hydrogen-bond acceptors (Lipinski definition) is 6. The first kappa shape index (κ1) is 18.0. The highest BCUT2D eigenvalue weighted by Crippen LogP contribution is 2.31. The van der Waals surface area contributed by atoms with Crippen molar-refractivity contribution in [3.8, 4) is 11.5 Å². The van der Waals surface area contributed by atoms with Gasteiger partial charge in [-0.2, -0.15) is 0 Å². The predicted molar refractivity (Wildman–Crippen MR) is 96.2 cm³/mol. The maximum atomic E-state index is 12.1. The Morgan fingerprint density at radius 2 is 2.12 bits per heavy atom. The lowest BCUT2D eigenvalue weighted by atomic mass is 10.1. The SMILES string of the molecule is COc1ccc(C=CC=C2SC(=S)N(CC(=O)O)C2=O)c(OC)c1. The number of nitrogens with zero attached hydrogens (tertiary/aromatic N) is 1. The van der Waals surface area contributed by atoms with Gasteiger partial charge in [0.1, 0.15) is 22.4 Å². The van der Waals surface area contributed by atoms with Crippen molar-refractivity contribution < 1.29 is 24.2 Å². The molecule has 1 aromatic rings. The molecule has 1 heterocycles. The molecule has 0 atom stereocenters. The lowest BCUT2D eigenvalue weighted by molar-refractivity contribution is -0.140. The van der Waals surface area contributed by atoms with Gasteiger partial charge in [0.2, 0.25) is 0 Å². The highest BCUT2D eigenvalue weighted by Gasteiger charge is 2.32. The maximum absolute atomic E-state index is 12.1. The molecule has 1 aliphatic rings. The van der Waals surface area contributed by atoms with Crippen LogP contribution in [0, 0.1) is 0 Å². The van der Waals surface area contributed by atoms with Gasteiger partial charge in [0.05, 0.1) is 19.1 Å². The van der Waals surface area contributed by atoms with Crippen LogP contribution in [0.4, 0.5) is 0 Å². The number of rotatable bonds is 6. The van der Waals surface area contributed by atoms with E-state index in [1.54, 1.807) is 44.6 Å². The van der Waals surface area contributed by atoms with E-state index in [4.69, 9.17) is 26.8 Å². The summed E-state index contributed by atoms with van der Waals surface area (Å²) in [6.45, 7) is -0.433. The van der Waals surface area contributed by atoms with E-state index in [2.05, 4.69) is 0 Å². The summed E-state index contributed by atoms with van der Waals surface area (Å²) in [5, 5.41) is 8.80. The third-order valence-corrected chi connectivity index (χ3v) is 4.53. The number of methoxy groups -OCH3 is 2. The highest BCUT2D eigenvalue weighted by molar-refractivity contribution is 8.26. The van der Waals surface area contributed by atoms with Crippen LogP contribution in [0.5, 0.6) is 11.5 Å². The van der Waals surface area contributed by atoms with Crippen LogP contribution >= 0.6 is 24.0 Å². The molecule has 24 heavy (non-hydrogen) atoms. The van der Waals surface area contributed by atoms with Crippen molar-refractivity contribution >= 4 is 46.3 Å². The summed E-state index contributed by atoms with van der Waals surface area (Å²) in [6.07, 6.45) is 5.07. The smallest absolute Gasteiger partial charge is 0.323 e. The minimum Gasteiger partial charge on any atom is -0.497 e. The average molecular weight is 365 g/mol. The summed E-state index contributed by atoms with van der Waals surface area (Å²) in [5.74, 6) is -0.194. The third kappa shape index (κ3) is 4.15. The number of carbonyl (C=O) groups excluding carboxylic acids is 1. The quantitative estimate of drug-likeness (QED) is 0.613. The number of thiocarbonyl (C=S) groups is 1.